The van der Waals surface area contributed by atoms with Crippen molar-refractivity contribution in [2.75, 3.05) is 12.3 Å². The molecule has 15 heteroatoms. The van der Waals surface area contributed by atoms with Gasteiger partial charge in [0.15, 0.2) is 5.82 Å². The van der Waals surface area contributed by atoms with Gasteiger partial charge in [-0.25, -0.2) is 14.1 Å². The van der Waals surface area contributed by atoms with E-state index in [0.717, 1.165) is 32.1 Å². The van der Waals surface area contributed by atoms with Crippen molar-refractivity contribution in [1.82, 2.24) is 19.7 Å². The second kappa shape index (κ2) is 13.2. The molecular formula is C29H37N6O8P. The summed E-state index contributed by atoms with van der Waals surface area (Å²) in [5, 5.41) is 39.1. The van der Waals surface area contributed by atoms with Gasteiger partial charge in [0.25, 0.3) is 0 Å². The van der Waals surface area contributed by atoms with Crippen molar-refractivity contribution in [1.29, 1.82) is 5.26 Å². The normalized spacial score (nSPS) is 26.2. The molecule has 1 aliphatic heterocycles. The summed E-state index contributed by atoms with van der Waals surface area (Å²) >= 11 is 0. The van der Waals surface area contributed by atoms with Gasteiger partial charge in [0.2, 0.25) is 5.60 Å². The number of esters is 1. The lowest BCUT2D eigenvalue weighted by atomic mass is 9.96. The van der Waals surface area contributed by atoms with Crippen LogP contribution in [0.5, 0.6) is 5.75 Å². The van der Waals surface area contributed by atoms with E-state index >= 15 is 0 Å². The highest BCUT2D eigenvalue weighted by Crippen LogP contribution is 2.49. The molecule has 0 amide bonds. The minimum atomic E-state index is -4.46. The van der Waals surface area contributed by atoms with Crippen LogP contribution in [0.3, 0.4) is 0 Å². The van der Waals surface area contributed by atoms with Gasteiger partial charge in [-0.15, -0.1) is 0 Å². The molecule has 2 aliphatic rings. The summed E-state index contributed by atoms with van der Waals surface area (Å²) in [6.07, 6.45) is 0.881. The Bertz CT molecular complexity index is 1540. The summed E-state index contributed by atoms with van der Waals surface area (Å²) in [6, 6.07) is 12.1. The lowest BCUT2D eigenvalue weighted by Gasteiger charge is -2.31. The number of ether oxygens (including phenoxy) is 2. The average Bonchev–Trinajstić information content (AvgIpc) is 3.55. The third-order valence-electron chi connectivity index (χ3n) is 7.91. The van der Waals surface area contributed by atoms with Gasteiger partial charge >= 0.3 is 13.7 Å². The SMILES string of the molecule is CC(C)[C@H](NP(=O)(OC[C@@]1(C#N)O[C@@H](c2ccc3c(N)ncnn23)[C@H](O)[C@@H]1O)Oc1ccccc1)C(=O)OC1CCCCC1. The zero-order chi connectivity index (χ0) is 31.5. The zero-order valence-electron chi connectivity index (χ0n) is 24.5. The number of anilines is 1. The Morgan fingerprint density at radius 2 is 1.95 bits per heavy atom. The monoisotopic (exact) mass is 628 g/mol. The van der Waals surface area contributed by atoms with Crippen molar-refractivity contribution in [2.24, 2.45) is 5.92 Å². The number of nitrogen functional groups attached to an aromatic ring is 1. The largest absolute Gasteiger partial charge is 0.461 e. The maximum atomic E-state index is 14.3. The number of nitrogens with zero attached hydrogens (tertiary/aromatic N) is 4. The van der Waals surface area contributed by atoms with Gasteiger partial charge in [-0.2, -0.15) is 15.4 Å². The second-order valence-corrected chi connectivity index (χ2v) is 13.1. The number of benzene rings is 1. The number of hydrogen-bond acceptors (Lipinski definition) is 12. The number of fused-ring (bicyclic) bond motifs is 1. The van der Waals surface area contributed by atoms with Gasteiger partial charge < -0.3 is 29.9 Å². The first-order valence-corrected chi connectivity index (χ1v) is 16.1. The number of aromatic nitrogens is 3. The Balaban J connectivity index is 1.39. The van der Waals surface area contributed by atoms with Crippen LogP contribution in [0, 0.1) is 17.2 Å². The number of aliphatic hydroxyl groups is 2. The number of carbonyl (C=O) groups excluding carboxylic acids is 1. The molecule has 5 N–H and O–H groups in total. The molecule has 1 saturated carbocycles. The first-order valence-electron chi connectivity index (χ1n) is 14.6. The smallest absolute Gasteiger partial charge is 0.459 e. The molecule has 5 rings (SSSR count). The summed E-state index contributed by atoms with van der Waals surface area (Å²) in [6.45, 7) is 2.72. The van der Waals surface area contributed by atoms with Crippen molar-refractivity contribution in [3.05, 3.63) is 54.5 Å². The highest BCUT2D eigenvalue weighted by Gasteiger charge is 2.57. The predicted molar refractivity (Wildman–Crippen MR) is 157 cm³/mol. The number of para-hydroxylation sites is 1. The Labute approximate surface area is 254 Å². The maximum Gasteiger partial charge on any atom is 0.459 e. The summed E-state index contributed by atoms with van der Waals surface area (Å²) in [7, 11) is -4.46. The number of nitrogens with one attached hydrogen (secondary N) is 1. The Morgan fingerprint density at radius 3 is 2.64 bits per heavy atom. The topological polar surface area (TPSA) is 204 Å². The quantitative estimate of drug-likeness (QED) is 0.178. The standard InChI is InChI=1S/C29H37N6O8P/c1-18(2)23(28(38)41-19-9-5-3-6-10-19)34-44(39,43-20-11-7-4-8-12-20)40-16-29(15-30)26(37)24(36)25(42-29)21-13-14-22-27(31)32-17-33-35(21)22/h4,7-8,11-14,17-19,23-26,36-37H,3,5-6,9-10,16H2,1-2H3,(H,34,39)(H2,31,32,33)/t23-,24-,25-,26-,29+,44?/m0/s1. The van der Waals surface area contributed by atoms with Gasteiger partial charge in [-0.1, -0.05) is 38.5 Å². The van der Waals surface area contributed by atoms with E-state index in [0.29, 0.717) is 11.2 Å². The van der Waals surface area contributed by atoms with Crippen molar-refractivity contribution in [3.63, 3.8) is 0 Å². The average molecular weight is 629 g/mol. The number of nitriles is 1. The molecule has 0 bridgehead atoms. The van der Waals surface area contributed by atoms with Crippen molar-refractivity contribution in [2.45, 2.75) is 82.0 Å². The minimum absolute atomic E-state index is 0.167. The van der Waals surface area contributed by atoms with Gasteiger partial charge in [-0.3, -0.25) is 9.32 Å². The van der Waals surface area contributed by atoms with Crippen LogP contribution in [0.25, 0.3) is 5.52 Å². The lowest BCUT2D eigenvalue weighted by molar-refractivity contribution is -0.154. The minimum Gasteiger partial charge on any atom is -0.461 e. The molecule has 3 heterocycles. The molecule has 1 unspecified atom stereocenters. The third-order valence-corrected chi connectivity index (χ3v) is 9.43. The summed E-state index contributed by atoms with van der Waals surface area (Å²) in [4.78, 5) is 17.2. The third kappa shape index (κ3) is 6.58. The molecule has 3 aromatic rings. The van der Waals surface area contributed by atoms with Crippen LogP contribution in [0.4, 0.5) is 5.82 Å². The van der Waals surface area contributed by atoms with E-state index in [1.165, 1.54) is 10.8 Å². The molecule has 0 spiro atoms. The van der Waals surface area contributed by atoms with Crippen LogP contribution < -0.4 is 15.3 Å². The zero-order valence-corrected chi connectivity index (χ0v) is 25.4. The van der Waals surface area contributed by atoms with Crippen molar-refractivity contribution >= 4 is 25.1 Å². The predicted octanol–water partition coefficient (Wildman–Crippen LogP) is 3.06. The van der Waals surface area contributed by atoms with Gasteiger partial charge in [-0.05, 0) is 55.9 Å². The molecule has 6 atom stereocenters. The van der Waals surface area contributed by atoms with Crippen molar-refractivity contribution in [3.8, 4) is 11.8 Å². The van der Waals surface area contributed by atoms with Crippen LogP contribution in [0.15, 0.2) is 48.8 Å². The fraction of sp³-hybridized carbons (Fsp3) is 0.517. The number of rotatable bonds is 11. The van der Waals surface area contributed by atoms with Crippen molar-refractivity contribution < 1.29 is 38.1 Å². The van der Waals surface area contributed by atoms with E-state index in [1.807, 2.05) is 6.07 Å². The lowest BCUT2D eigenvalue weighted by Crippen LogP contribution is -2.47. The maximum absolute atomic E-state index is 14.3. The van der Waals surface area contributed by atoms with Crippen LogP contribution in [0.1, 0.15) is 57.7 Å². The second-order valence-electron chi connectivity index (χ2n) is 11.4. The van der Waals surface area contributed by atoms with E-state index < -0.39 is 50.3 Å². The molecule has 0 radical (unpaired) electrons. The Kier molecular flexibility index (Phi) is 9.55. The fourth-order valence-electron chi connectivity index (χ4n) is 5.43. The highest BCUT2D eigenvalue weighted by atomic mass is 31.2. The molecule has 44 heavy (non-hydrogen) atoms. The molecule has 236 valence electrons. The van der Waals surface area contributed by atoms with Gasteiger partial charge in [0.1, 0.15) is 60.7 Å². The fourth-order valence-corrected chi connectivity index (χ4v) is 7.12. The number of aliphatic hydroxyl groups excluding tert-OH is 2. The van der Waals surface area contributed by atoms with Crippen LogP contribution in [-0.4, -0.2) is 67.3 Å². The summed E-state index contributed by atoms with van der Waals surface area (Å²) in [5.74, 6) is -0.638. The van der Waals surface area contributed by atoms with Crippen LogP contribution in [0.2, 0.25) is 0 Å². The molecule has 2 aromatic heterocycles. The van der Waals surface area contributed by atoms with Gasteiger partial charge in [0.05, 0.1) is 5.69 Å². The highest BCUT2D eigenvalue weighted by molar-refractivity contribution is 7.52. The van der Waals surface area contributed by atoms with Gasteiger partial charge in [0, 0.05) is 0 Å². The molecule has 14 nitrogen and oxygen atoms in total. The molecule has 2 fully saturated rings. The van der Waals surface area contributed by atoms with E-state index in [9.17, 15) is 24.8 Å². The summed E-state index contributed by atoms with van der Waals surface area (Å²) < 4.78 is 38.9. The molecule has 1 aromatic carbocycles. The van der Waals surface area contributed by atoms with Crippen LogP contribution >= 0.6 is 7.75 Å². The molecule has 1 saturated heterocycles. The number of hydrogen-bond donors (Lipinski definition) is 4. The Morgan fingerprint density at radius 1 is 1.23 bits per heavy atom. The number of carbonyl (C=O) groups is 1. The van der Waals surface area contributed by atoms with E-state index in [4.69, 9.17) is 24.3 Å². The van der Waals surface area contributed by atoms with E-state index in [1.54, 1.807) is 56.3 Å². The Hall–Kier alpha value is -3.57. The van der Waals surface area contributed by atoms with Crippen LogP contribution in [-0.2, 0) is 23.4 Å². The number of nitrogens with two attached hydrogens (primary N) is 1. The van der Waals surface area contributed by atoms with E-state index in [2.05, 4.69) is 15.2 Å². The summed E-state index contributed by atoms with van der Waals surface area (Å²) in [5.41, 5.74) is 4.47. The first kappa shape index (κ1) is 31.8. The first-order chi connectivity index (χ1) is 21.1. The molecule has 1 aliphatic carbocycles. The molecular weight excluding hydrogens is 591 g/mol. The van der Waals surface area contributed by atoms with E-state index in [-0.39, 0.29) is 23.6 Å².